The van der Waals surface area contributed by atoms with Gasteiger partial charge < -0.3 is 0 Å². The molecule has 1 aromatic carbocycles. The van der Waals surface area contributed by atoms with Crippen LogP contribution < -0.4 is 0 Å². The van der Waals surface area contributed by atoms with Crippen LogP contribution in [0.25, 0.3) is 0 Å². The van der Waals surface area contributed by atoms with E-state index in [1.165, 1.54) is 12.1 Å². The molecular weight excluding hydrogens is 304 g/mol. The van der Waals surface area contributed by atoms with Gasteiger partial charge in [-0.25, -0.2) is 0 Å². The highest BCUT2D eigenvalue weighted by atomic mass is 32.2. The van der Waals surface area contributed by atoms with Gasteiger partial charge >= 0.3 is 0 Å². The molecule has 0 aromatic heterocycles. The van der Waals surface area contributed by atoms with Crippen LogP contribution in [0.2, 0.25) is 0 Å². The number of hydrogen-bond donors (Lipinski definition) is 2. The Bertz CT molecular complexity index is 601. The highest BCUT2D eigenvalue weighted by Gasteiger charge is 2.24. The fourth-order valence-electron chi connectivity index (χ4n) is 1.96. The van der Waals surface area contributed by atoms with Gasteiger partial charge in [0.2, 0.25) is 0 Å². The van der Waals surface area contributed by atoms with Crippen molar-refractivity contribution in [2.45, 2.75) is 42.2 Å². The van der Waals surface area contributed by atoms with Crippen molar-refractivity contribution in [1.29, 1.82) is 0 Å². The molecule has 1 aliphatic rings. The van der Waals surface area contributed by atoms with Gasteiger partial charge in [0.1, 0.15) is 0 Å². The Morgan fingerprint density at radius 1 is 0.850 bits per heavy atom. The molecule has 0 heterocycles. The summed E-state index contributed by atoms with van der Waals surface area (Å²) < 4.78 is 58.9. The third-order valence-electron chi connectivity index (χ3n) is 3.01. The Morgan fingerprint density at radius 2 is 1.35 bits per heavy atom. The van der Waals surface area contributed by atoms with Gasteiger partial charge in [0, 0.05) is 0 Å². The summed E-state index contributed by atoms with van der Waals surface area (Å²) in [6, 6.07) is 7.42. The van der Waals surface area contributed by atoms with Gasteiger partial charge in [-0.05, 0) is 25.0 Å². The zero-order valence-electron chi connectivity index (χ0n) is 10.8. The third kappa shape index (κ3) is 6.00. The van der Waals surface area contributed by atoms with Crippen LogP contribution in [0.4, 0.5) is 0 Å². The normalized spacial score (nSPS) is 17.1. The Kier molecular flexibility index (Phi) is 6.12. The number of benzene rings is 1. The highest BCUT2D eigenvalue weighted by molar-refractivity contribution is 7.86. The summed E-state index contributed by atoms with van der Waals surface area (Å²) in [6.45, 7) is 0. The molecule has 1 aliphatic carbocycles. The SMILES string of the molecule is O=S(=O)(O)C1CCCCC1.O=S(=O)(O)c1ccccc1. The molecule has 0 radical (unpaired) electrons. The zero-order valence-corrected chi connectivity index (χ0v) is 12.5. The first-order chi connectivity index (χ1) is 9.21. The molecule has 0 atom stereocenters. The molecule has 0 bridgehead atoms. The van der Waals surface area contributed by atoms with E-state index in [1.807, 2.05) is 0 Å². The average molecular weight is 322 g/mol. The standard InChI is InChI=1S/C6H12O3S.C6H6O3S/c2*7-10(8,9)6-4-2-1-3-5-6/h6H,1-5H2,(H,7,8,9);1-5H,(H,7,8,9). The van der Waals surface area contributed by atoms with Crippen molar-refractivity contribution in [3.05, 3.63) is 30.3 Å². The van der Waals surface area contributed by atoms with Gasteiger partial charge in [-0.2, -0.15) is 16.8 Å². The second kappa shape index (κ2) is 7.16. The molecule has 1 aromatic rings. The van der Waals surface area contributed by atoms with Gasteiger partial charge in [-0.1, -0.05) is 37.5 Å². The summed E-state index contributed by atoms with van der Waals surface area (Å²) in [5, 5.41) is -0.471. The van der Waals surface area contributed by atoms with E-state index >= 15 is 0 Å². The monoisotopic (exact) mass is 322 g/mol. The lowest BCUT2D eigenvalue weighted by molar-refractivity contribution is 0.425. The van der Waals surface area contributed by atoms with Crippen molar-refractivity contribution >= 4 is 20.2 Å². The van der Waals surface area contributed by atoms with E-state index in [-0.39, 0.29) is 4.90 Å². The van der Waals surface area contributed by atoms with Crippen LogP contribution in [0.15, 0.2) is 35.2 Å². The summed E-state index contributed by atoms with van der Waals surface area (Å²) in [6.07, 6.45) is 4.25. The molecule has 0 amide bonds. The lowest BCUT2D eigenvalue weighted by atomic mass is 10.0. The van der Waals surface area contributed by atoms with Gasteiger partial charge in [0.15, 0.2) is 0 Å². The van der Waals surface area contributed by atoms with E-state index in [2.05, 4.69) is 0 Å². The minimum atomic E-state index is -4.00. The van der Waals surface area contributed by atoms with Crippen molar-refractivity contribution in [2.75, 3.05) is 0 Å². The maximum atomic E-state index is 10.5. The molecular formula is C12H18O6S2. The van der Waals surface area contributed by atoms with E-state index < -0.39 is 25.5 Å². The van der Waals surface area contributed by atoms with Crippen molar-refractivity contribution < 1.29 is 25.9 Å². The summed E-state index contributed by atoms with van der Waals surface area (Å²) in [5.41, 5.74) is 0. The maximum Gasteiger partial charge on any atom is 0.294 e. The molecule has 0 saturated heterocycles. The van der Waals surface area contributed by atoms with Crippen molar-refractivity contribution in [1.82, 2.24) is 0 Å². The average Bonchev–Trinajstić information content (AvgIpc) is 2.40. The first-order valence-corrected chi connectivity index (χ1v) is 9.14. The predicted molar refractivity (Wildman–Crippen MR) is 74.7 cm³/mol. The second-order valence-corrected chi connectivity index (χ2v) is 7.68. The molecule has 0 aliphatic heterocycles. The fourth-order valence-corrected chi connectivity index (χ4v) is 3.39. The third-order valence-corrected chi connectivity index (χ3v) is 5.20. The summed E-state index contributed by atoms with van der Waals surface area (Å²) in [7, 11) is -7.73. The van der Waals surface area contributed by atoms with E-state index in [4.69, 9.17) is 9.11 Å². The Hall–Kier alpha value is -0.960. The summed E-state index contributed by atoms with van der Waals surface area (Å²) in [4.78, 5) is -0.0741. The van der Waals surface area contributed by atoms with Gasteiger partial charge in [0.25, 0.3) is 20.2 Å². The van der Waals surface area contributed by atoms with E-state index in [0.29, 0.717) is 12.8 Å². The van der Waals surface area contributed by atoms with Crippen LogP contribution in [-0.2, 0) is 20.2 Å². The van der Waals surface area contributed by atoms with Gasteiger partial charge in [-0.15, -0.1) is 0 Å². The number of hydrogen-bond acceptors (Lipinski definition) is 4. The van der Waals surface area contributed by atoms with Crippen LogP contribution in [0, 0.1) is 0 Å². The smallest absolute Gasteiger partial charge is 0.285 e. The molecule has 6 nitrogen and oxygen atoms in total. The largest absolute Gasteiger partial charge is 0.294 e. The molecule has 1 saturated carbocycles. The minimum absolute atomic E-state index is 0.0741. The Labute approximate surface area is 119 Å². The number of rotatable bonds is 2. The predicted octanol–water partition coefficient (Wildman–Crippen LogP) is 2.14. The van der Waals surface area contributed by atoms with E-state index in [0.717, 1.165) is 19.3 Å². The lowest BCUT2D eigenvalue weighted by Crippen LogP contribution is -2.22. The molecule has 1 fully saturated rings. The molecule has 0 unspecified atom stereocenters. The van der Waals surface area contributed by atoms with Crippen molar-refractivity contribution in [3.8, 4) is 0 Å². The van der Waals surface area contributed by atoms with E-state index in [9.17, 15) is 16.8 Å². The molecule has 2 N–H and O–H groups in total. The first-order valence-electron chi connectivity index (χ1n) is 6.20. The Morgan fingerprint density at radius 3 is 1.65 bits per heavy atom. The van der Waals surface area contributed by atoms with E-state index in [1.54, 1.807) is 18.2 Å². The highest BCUT2D eigenvalue weighted by Crippen LogP contribution is 2.22. The maximum absolute atomic E-state index is 10.5. The molecule has 8 heteroatoms. The second-order valence-electron chi connectivity index (χ2n) is 4.56. The zero-order chi connectivity index (χ0) is 15.2. The van der Waals surface area contributed by atoms with Crippen LogP contribution >= 0.6 is 0 Å². The quantitative estimate of drug-likeness (QED) is 0.807. The van der Waals surface area contributed by atoms with Gasteiger partial charge in [-0.3, -0.25) is 9.11 Å². The molecule has 0 spiro atoms. The van der Waals surface area contributed by atoms with Gasteiger partial charge in [0.05, 0.1) is 10.1 Å². The van der Waals surface area contributed by atoms with Crippen molar-refractivity contribution in [3.63, 3.8) is 0 Å². The molecule has 2 rings (SSSR count). The summed E-state index contributed by atoms with van der Waals surface area (Å²) >= 11 is 0. The van der Waals surface area contributed by atoms with Crippen molar-refractivity contribution in [2.24, 2.45) is 0 Å². The van der Waals surface area contributed by atoms with Crippen LogP contribution in [-0.4, -0.2) is 31.2 Å². The van der Waals surface area contributed by atoms with Crippen LogP contribution in [0.5, 0.6) is 0 Å². The van der Waals surface area contributed by atoms with Crippen LogP contribution in [0.3, 0.4) is 0 Å². The van der Waals surface area contributed by atoms with Crippen LogP contribution in [0.1, 0.15) is 32.1 Å². The topological polar surface area (TPSA) is 109 Å². The Balaban J connectivity index is 0.000000200. The first kappa shape index (κ1) is 17.1. The summed E-state index contributed by atoms with van der Waals surface area (Å²) in [5.74, 6) is 0. The lowest BCUT2D eigenvalue weighted by Gasteiger charge is -2.17. The molecule has 114 valence electrons. The minimum Gasteiger partial charge on any atom is -0.285 e. The molecule has 20 heavy (non-hydrogen) atoms. The fraction of sp³-hybridized carbons (Fsp3) is 0.500.